The van der Waals surface area contributed by atoms with E-state index in [9.17, 15) is 9.18 Å². The summed E-state index contributed by atoms with van der Waals surface area (Å²) in [6, 6.07) is 9.36. The second kappa shape index (κ2) is 8.06. The van der Waals surface area contributed by atoms with Gasteiger partial charge in [0.1, 0.15) is 11.5 Å². The summed E-state index contributed by atoms with van der Waals surface area (Å²) in [7, 11) is 1.85. The van der Waals surface area contributed by atoms with E-state index in [1.165, 1.54) is 0 Å². The number of hydrogen-bond acceptors (Lipinski definition) is 3. The fourth-order valence-electron chi connectivity index (χ4n) is 3.89. The van der Waals surface area contributed by atoms with Crippen LogP contribution in [0.1, 0.15) is 24.8 Å². The van der Waals surface area contributed by atoms with E-state index in [1.54, 1.807) is 15.6 Å². The van der Waals surface area contributed by atoms with Crippen LogP contribution in [-0.4, -0.2) is 38.3 Å². The predicted octanol–water partition coefficient (Wildman–Crippen LogP) is 3.84. The van der Waals surface area contributed by atoms with Gasteiger partial charge in [0, 0.05) is 30.4 Å². The number of nitrogens with one attached hydrogen (secondary N) is 2. The van der Waals surface area contributed by atoms with E-state index in [4.69, 9.17) is 5.10 Å². The Hall–Kier alpha value is -3.16. The molecule has 1 aliphatic carbocycles. The fraction of sp³-hybridized carbons (Fsp3) is 0.381. The molecule has 0 saturated heterocycles. The van der Waals surface area contributed by atoms with Crippen LogP contribution < -0.4 is 10.6 Å². The Morgan fingerprint density at radius 3 is 2.72 bits per heavy atom. The van der Waals surface area contributed by atoms with Gasteiger partial charge in [0.05, 0.1) is 18.6 Å². The lowest BCUT2D eigenvalue weighted by Crippen LogP contribution is -2.37. The van der Waals surface area contributed by atoms with Crippen LogP contribution in [0, 0.1) is 12.8 Å². The van der Waals surface area contributed by atoms with Crippen LogP contribution in [0.2, 0.25) is 0 Å². The molecule has 0 unspecified atom stereocenters. The third-order valence-corrected chi connectivity index (χ3v) is 5.43. The van der Waals surface area contributed by atoms with Crippen molar-refractivity contribution in [3.63, 3.8) is 0 Å². The maximum atomic E-state index is 12.9. The van der Waals surface area contributed by atoms with Gasteiger partial charge in [-0.2, -0.15) is 10.2 Å². The molecule has 3 aromatic rings. The number of carbonyl (C=O) groups is 1. The SMILES string of the molecule is Cc1c(-c2cnn(C)c2)nn(-c2ccccc2)c1NC(=O)N[C@@H]1CC[C@H](CF)C1. The molecule has 1 aromatic carbocycles. The molecule has 4 rings (SSSR count). The van der Waals surface area contributed by atoms with Crippen molar-refractivity contribution in [3.8, 4) is 16.9 Å². The minimum Gasteiger partial charge on any atom is -0.335 e. The molecule has 1 aliphatic rings. The van der Waals surface area contributed by atoms with Crippen molar-refractivity contribution in [2.24, 2.45) is 13.0 Å². The van der Waals surface area contributed by atoms with Crippen molar-refractivity contribution >= 4 is 11.8 Å². The highest BCUT2D eigenvalue weighted by Gasteiger charge is 2.27. The van der Waals surface area contributed by atoms with Crippen molar-refractivity contribution in [1.82, 2.24) is 24.9 Å². The maximum Gasteiger partial charge on any atom is 0.320 e. The number of amides is 2. The first-order valence-corrected chi connectivity index (χ1v) is 9.82. The normalized spacial score (nSPS) is 18.7. The number of benzene rings is 1. The highest BCUT2D eigenvalue weighted by atomic mass is 19.1. The molecule has 0 radical (unpaired) electrons. The van der Waals surface area contributed by atoms with Gasteiger partial charge in [-0.25, -0.2) is 9.48 Å². The lowest BCUT2D eigenvalue weighted by atomic mass is 10.1. The number of aryl methyl sites for hydroxylation is 1. The fourth-order valence-corrected chi connectivity index (χ4v) is 3.89. The van der Waals surface area contributed by atoms with Crippen molar-refractivity contribution in [2.45, 2.75) is 32.2 Å². The first-order valence-electron chi connectivity index (χ1n) is 9.82. The van der Waals surface area contributed by atoms with Crippen LogP contribution in [0.3, 0.4) is 0 Å². The molecule has 7 nitrogen and oxygen atoms in total. The Morgan fingerprint density at radius 1 is 1.28 bits per heavy atom. The van der Waals surface area contributed by atoms with Gasteiger partial charge in [-0.3, -0.25) is 14.4 Å². The molecule has 0 aliphatic heterocycles. The lowest BCUT2D eigenvalue weighted by molar-refractivity contribution is 0.247. The Bertz CT molecular complexity index is 996. The number of hydrogen-bond donors (Lipinski definition) is 2. The molecular weight excluding hydrogens is 371 g/mol. The summed E-state index contributed by atoms with van der Waals surface area (Å²) in [5, 5.41) is 14.9. The summed E-state index contributed by atoms with van der Waals surface area (Å²) in [5.74, 6) is 0.654. The zero-order valence-corrected chi connectivity index (χ0v) is 16.6. The van der Waals surface area contributed by atoms with Crippen LogP contribution in [0.15, 0.2) is 42.7 Å². The minimum atomic E-state index is -0.325. The highest BCUT2D eigenvalue weighted by molar-refractivity contribution is 5.91. The Kier molecular flexibility index (Phi) is 5.33. The summed E-state index contributed by atoms with van der Waals surface area (Å²) < 4.78 is 16.3. The highest BCUT2D eigenvalue weighted by Crippen LogP contribution is 2.30. The molecule has 8 heteroatoms. The summed E-state index contributed by atoms with van der Waals surface area (Å²) in [6.45, 7) is 1.60. The van der Waals surface area contributed by atoms with Crippen molar-refractivity contribution in [1.29, 1.82) is 0 Å². The quantitative estimate of drug-likeness (QED) is 0.688. The van der Waals surface area contributed by atoms with Gasteiger partial charge in [-0.05, 0) is 44.2 Å². The number of rotatable bonds is 5. The summed E-state index contributed by atoms with van der Waals surface area (Å²) in [5.41, 5.74) is 3.34. The second-order valence-electron chi connectivity index (χ2n) is 7.60. The number of alkyl halides is 1. The molecule has 0 bridgehead atoms. The number of anilines is 1. The largest absolute Gasteiger partial charge is 0.335 e. The first-order chi connectivity index (χ1) is 14.0. The molecule has 2 heterocycles. The maximum absolute atomic E-state index is 12.9. The lowest BCUT2D eigenvalue weighted by Gasteiger charge is -2.15. The number of para-hydroxylation sites is 1. The average Bonchev–Trinajstić information content (AvgIpc) is 3.43. The van der Waals surface area contributed by atoms with E-state index in [0.717, 1.165) is 35.3 Å². The van der Waals surface area contributed by atoms with E-state index in [0.29, 0.717) is 12.2 Å². The van der Waals surface area contributed by atoms with Gasteiger partial charge in [0.15, 0.2) is 0 Å². The summed E-state index contributed by atoms with van der Waals surface area (Å²) in [6.07, 6.45) is 5.95. The van der Waals surface area contributed by atoms with Gasteiger partial charge in [0.2, 0.25) is 0 Å². The Labute approximate surface area is 168 Å². The minimum absolute atomic E-state index is 0.00180. The molecular formula is C21H25FN6O. The Balaban J connectivity index is 1.62. The number of urea groups is 1. The van der Waals surface area contributed by atoms with Gasteiger partial charge < -0.3 is 5.32 Å². The monoisotopic (exact) mass is 396 g/mol. The van der Waals surface area contributed by atoms with E-state index in [1.807, 2.05) is 50.5 Å². The predicted molar refractivity (Wildman–Crippen MR) is 110 cm³/mol. The molecule has 0 spiro atoms. The van der Waals surface area contributed by atoms with Crippen molar-refractivity contribution in [3.05, 3.63) is 48.3 Å². The second-order valence-corrected chi connectivity index (χ2v) is 7.60. The third kappa shape index (κ3) is 4.01. The van der Waals surface area contributed by atoms with E-state index in [2.05, 4.69) is 15.7 Å². The molecule has 1 saturated carbocycles. The zero-order valence-electron chi connectivity index (χ0n) is 16.6. The molecule has 2 N–H and O–H groups in total. The summed E-state index contributed by atoms with van der Waals surface area (Å²) in [4.78, 5) is 12.7. The van der Waals surface area contributed by atoms with Crippen molar-refractivity contribution in [2.75, 3.05) is 12.0 Å². The zero-order chi connectivity index (χ0) is 20.4. The number of carbonyl (C=O) groups excluding carboxylic acids is 1. The van der Waals surface area contributed by atoms with Gasteiger partial charge in [-0.1, -0.05) is 18.2 Å². The van der Waals surface area contributed by atoms with E-state index >= 15 is 0 Å². The van der Waals surface area contributed by atoms with E-state index in [-0.39, 0.29) is 24.7 Å². The molecule has 152 valence electrons. The molecule has 29 heavy (non-hydrogen) atoms. The van der Waals surface area contributed by atoms with Crippen LogP contribution in [0.4, 0.5) is 15.0 Å². The molecule has 2 atom stereocenters. The van der Waals surface area contributed by atoms with Crippen LogP contribution >= 0.6 is 0 Å². The number of halogens is 1. The average molecular weight is 396 g/mol. The van der Waals surface area contributed by atoms with Crippen molar-refractivity contribution < 1.29 is 9.18 Å². The first kappa shape index (κ1) is 19.2. The standard InChI is InChI=1S/C21H25FN6O/c1-14-19(16-12-23-27(2)13-16)26-28(18-6-4-3-5-7-18)20(14)25-21(29)24-17-9-8-15(10-17)11-22/h3-7,12-13,15,17H,8-11H2,1-2H3,(H2,24,25,29)/t15-,17+/m0/s1. The smallest absolute Gasteiger partial charge is 0.320 e. The third-order valence-electron chi connectivity index (χ3n) is 5.43. The number of nitrogens with zero attached hydrogens (tertiary/aromatic N) is 4. The van der Waals surface area contributed by atoms with Gasteiger partial charge in [-0.15, -0.1) is 0 Å². The molecule has 2 aromatic heterocycles. The van der Waals surface area contributed by atoms with E-state index < -0.39 is 0 Å². The van der Waals surface area contributed by atoms with Gasteiger partial charge in [0.25, 0.3) is 0 Å². The molecule has 2 amide bonds. The van der Waals surface area contributed by atoms with Crippen LogP contribution in [0.5, 0.6) is 0 Å². The molecule has 1 fully saturated rings. The van der Waals surface area contributed by atoms with Crippen LogP contribution in [-0.2, 0) is 7.05 Å². The van der Waals surface area contributed by atoms with Gasteiger partial charge >= 0.3 is 6.03 Å². The topological polar surface area (TPSA) is 76.8 Å². The Morgan fingerprint density at radius 2 is 2.07 bits per heavy atom. The summed E-state index contributed by atoms with van der Waals surface area (Å²) >= 11 is 0. The van der Waals surface area contributed by atoms with Crippen LogP contribution in [0.25, 0.3) is 16.9 Å². The number of aromatic nitrogens is 4.